The first-order chi connectivity index (χ1) is 7.75. The van der Waals surface area contributed by atoms with E-state index in [1.807, 2.05) is 0 Å². The fourth-order valence-corrected chi connectivity index (χ4v) is 2.24. The van der Waals surface area contributed by atoms with Crippen LogP contribution < -0.4 is 0 Å². The molecule has 0 amide bonds. The molecule has 1 fully saturated rings. The van der Waals surface area contributed by atoms with Crippen molar-refractivity contribution < 1.29 is 18.7 Å². The molecule has 0 saturated heterocycles. The Balaban J connectivity index is 2.45. The van der Waals surface area contributed by atoms with Crippen molar-refractivity contribution in [2.24, 2.45) is 0 Å². The number of hydrogen-bond donors (Lipinski definition) is 1. The summed E-state index contributed by atoms with van der Waals surface area (Å²) in [7, 11) is 0. The van der Waals surface area contributed by atoms with E-state index in [1.54, 1.807) is 13.8 Å². The number of carboxylic acid groups (broad SMARTS) is 1. The Bertz CT molecular complexity index is 460. The van der Waals surface area contributed by atoms with E-state index in [1.165, 1.54) is 6.07 Å². The number of aromatic nitrogens is 2. The van der Waals surface area contributed by atoms with Crippen LogP contribution in [0, 0.1) is 13.8 Å². The average molecular weight is 242 g/mol. The predicted octanol–water partition coefficient (Wildman–Crippen LogP) is 1.84. The van der Waals surface area contributed by atoms with Gasteiger partial charge in [0, 0.05) is 18.5 Å². The molecule has 6 heteroatoms. The molecule has 0 atom stereocenters. The summed E-state index contributed by atoms with van der Waals surface area (Å²) < 4.78 is 25.9. The predicted molar refractivity (Wildman–Crippen MR) is 55.0 cm³/mol. The number of nitrogens with zero attached hydrogens (tertiary/aromatic N) is 2. The number of hydrogen-bond acceptors (Lipinski definition) is 3. The van der Waals surface area contributed by atoms with Gasteiger partial charge in [0.1, 0.15) is 11.2 Å². The summed E-state index contributed by atoms with van der Waals surface area (Å²) in [6, 6.07) is 1.47. The molecular formula is C11H12F2N2O2. The molecule has 4 nitrogen and oxygen atoms in total. The summed E-state index contributed by atoms with van der Waals surface area (Å²) in [5, 5.41) is 9.16. The summed E-state index contributed by atoms with van der Waals surface area (Å²) in [6.45, 7) is 3.30. The molecule has 1 N–H and O–H groups in total. The monoisotopic (exact) mass is 242 g/mol. The summed E-state index contributed by atoms with van der Waals surface area (Å²) in [4.78, 5) is 19.2. The normalized spacial score (nSPS) is 20.7. The highest BCUT2D eigenvalue weighted by Gasteiger charge is 2.63. The van der Waals surface area contributed by atoms with Crippen LogP contribution in [0.15, 0.2) is 6.07 Å². The molecular weight excluding hydrogens is 230 g/mol. The summed E-state index contributed by atoms with van der Waals surface area (Å²) in [5.41, 5.74) is -0.786. The molecule has 1 aromatic rings. The first-order valence-electron chi connectivity index (χ1n) is 5.19. The van der Waals surface area contributed by atoms with Crippen LogP contribution in [0.3, 0.4) is 0 Å². The van der Waals surface area contributed by atoms with Crippen molar-refractivity contribution in [3.63, 3.8) is 0 Å². The molecule has 1 saturated carbocycles. The molecule has 1 aliphatic rings. The minimum Gasteiger partial charge on any atom is -0.481 e. The topological polar surface area (TPSA) is 63.1 Å². The van der Waals surface area contributed by atoms with E-state index in [-0.39, 0.29) is 5.69 Å². The minimum atomic E-state index is -2.91. The van der Waals surface area contributed by atoms with Gasteiger partial charge in [0.05, 0.1) is 5.69 Å². The van der Waals surface area contributed by atoms with Gasteiger partial charge in [-0.3, -0.25) is 4.79 Å². The second-order valence-corrected chi connectivity index (χ2v) is 4.54. The number of carbonyl (C=O) groups is 1. The third kappa shape index (κ3) is 1.87. The van der Waals surface area contributed by atoms with Crippen LogP contribution in [-0.2, 0) is 10.2 Å². The zero-order chi connectivity index (χ0) is 12.8. The smallest absolute Gasteiger partial charge is 0.316 e. The van der Waals surface area contributed by atoms with Gasteiger partial charge in [0.25, 0.3) is 5.92 Å². The van der Waals surface area contributed by atoms with Crippen LogP contribution in [-0.4, -0.2) is 27.0 Å². The van der Waals surface area contributed by atoms with Crippen LogP contribution in [0.4, 0.5) is 8.78 Å². The van der Waals surface area contributed by atoms with Crippen LogP contribution in [0.25, 0.3) is 0 Å². The molecule has 0 radical (unpaired) electrons. The maximum absolute atomic E-state index is 13.0. The summed E-state index contributed by atoms with van der Waals surface area (Å²) in [5.74, 6) is -3.76. The highest BCUT2D eigenvalue weighted by molar-refractivity contribution is 5.82. The largest absolute Gasteiger partial charge is 0.481 e. The Morgan fingerprint density at radius 3 is 2.35 bits per heavy atom. The number of aryl methyl sites for hydroxylation is 2. The molecule has 1 aromatic heterocycles. The van der Waals surface area contributed by atoms with Gasteiger partial charge in [-0.25, -0.2) is 18.7 Å². The van der Waals surface area contributed by atoms with Gasteiger partial charge in [0.2, 0.25) is 0 Å². The fourth-order valence-electron chi connectivity index (χ4n) is 2.24. The van der Waals surface area contributed by atoms with E-state index in [2.05, 4.69) is 9.97 Å². The maximum atomic E-state index is 13.0. The SMILES string of the molecule is Cc1cc(C2(C(=O)O)CC(F)(F)C2)nc(C)n1. The number of rotatable bonds is 2. The van der Waals surface area contributed by atoms with Crippen LogP contribution in [0.1, 0.15) is 30.1 Å². The van der Waals surface area contributed by atoms with E-state index in [4.69, 9.17) is 5.11 Å². The summed E-state index contributed by atoms with van der Waals surface area (Å²) >= 11 is 0. The molecule has 0 aliphatic heterocycles. The molecule has 0 bridgehead atoms. The number of carboxylic acids is 1. The number of halogens is 2. The Morgan fingerprint density at radius 2 is 1.94 bits per heavy atom. The molecule has 1 aliphatic carbocycles. The lowest BCUT2D eigenvalue weighted by Crippen LogP contribution is -2.55. The van der Waals surface area contributed by atoms with Crippen molar-refractivity contribution in [1.29, 1.82) is 0 Å². The minimum absolute atomic E-state index is 0.181. The van der Waals surface area contributed by atoms with Crippen LogP contribution >= 0.6 is 0 Å². The summed E-state index contributed by atoms with van der Waals surface area (Å²) in [6.07, 6.45) is -1.38. The molecule has 1 heterocycles. The van der Waals surface area contributed by atoms with Crippen LogP contribution in [0.5, 0.6) is 0 Å². The third-order valence-electron chi connectivity index (χ3n) is 2.99. The van der Waals surface area contributed by atoms with Crippen molar-refractivity contribution in [1.82, 2.24) is 9.97 Å². The lowest BCUT2D eigenvalue weighted by atomic mass is 9.64. The molecule has 17 heavy (non-hydrogen) atoms. The highest BCUT2D eigenvalue weighted by Crippen LogP contribution is 2.53. The zero-order valence-electron chi connectivity index (χ0n) is 9.50. The maximum Gasteiger partial charge on any atom is 0.316 e. The second kappa shape index (κ2) is 3.45. The van der Waals surface area contributed by atoms with Gasteiger partial charge in [-0.1, -0.05) is 0 Å². The lowest BCUT2D eigenvalue weighted by molar-refractivity contribution is -0.174. The molecule has 0 aromatic carbocycles. The van der Waals surface area contributed by atoms with Gasteiger partial charge >= 0.3 is 5.97 Å². The number of alkyl halides is 2. The van der Waals surface area contributed by atoms with Crippen molar-refractivity contribution >= 4 is 5.97 Å². The zero-order valence-corrected chi connectivity index (χ0v) is 9.50. The van der Waals surface area contributed by atoms with Gasteiger partial charge in [0.15, 0.2) is 0 Å². The first-order valence-corrected chi connectivity index (χ1v) is 5.19. The molecule has 0 unspecified atom stereocenters. The van der Waals surface area contributed by atoms with Crippen molar-refractivity contribution in [2.45, 2.75) is 38.0 Å². The molecule has 0 spiro atoms. The van der Waals surface area contributed by atoms with E-state index >= 15 is 0 Å². The average Bonchev–Trinajstić information content (AvgIpc) is 2.11. The van der Waals surface area contributed by atoms with Gasteiger partial charge in [-0.15, -0.1) is 0 Å². The number of aliphatic carboxylic acids is 1. The van der Waals surface area contributed by atoms with Gasteiger partial charge in [-0.2, -0.15) is 0 Å². The third-order valence-corrected chi connectivity index (χ3v) is 2.99. The van der Waals surface area contributed by atoms with E-state index < -0.39 is 30.1 Å². The fraction of sp³-hybridized carbons (Fsp3) is 0.545. The molecule has 2 rings (SSSR count). The Labute approximate surface area is 96.7 Å². The molecule has 92 valence electrons. The first kappa shape index (κ1) is 11.9. The van der Waals surface area contributed by atoms with E-state index in [0.717, 1.165) is 0 Å². The lowest BCUT2D eigenvalue weighted by Gasteiger charge is -2.43. The Morgan fingerprint density at radius 1 is 1.35 bits per heavy atom. The highest BCUT2D eigenvalue weighted by atomic mass is 19.3. The van der Waals surface area contributed by atoms with Gasteiger partial charge in [-0.05, 0) is 19.9 Å². The van der Waals surface area contributed by atoms with E-state index in [0.29, 0.717) is 11.5 Å². The standard InChI is InChI=1S/C11H12F2N2O2/c1-6-3-8(15-7(2)14-6)10(9(16)17)4-11(12,13)5-10/h3H,4-5H2,1-2H3,(H,16,17). The van der Waals surface area contributed by atoms with E-state index in [9.17, 15) is 13.6 Å². The Hall–Kier alpha value is -1.59. The van der Waals surface area contributed by atoms with Crippen molar-refractivity contribution in [3.05, 3.63) is 23.3 Å². The van der Waals surface area contributed by atoms with Crippen molar-refractivity contribution in [3.8, 4) is 0 Å². The van der Waals surface area contributed by atoms with Crippen LogP contribution in [0.2, 0.25) is 0 Å². The van der Waals surface area contributed by atoms with Crippen molar-refractivity contribution in [2.75, 3.05) is 0 Å². The van der Waals surface area contributed by atoms with Gasteiger partial charge < -0.3 is 5.11 Å². The second-order valence-electron chi connectivity index (χ2n) is 4.54. The quantitative estimate of drug-likeness (QED) is 0.859. The Kier molecular flexibility index (Phi) is 2.41.